The van der Waals surface area contributed by atoms with Gasteiger partial charge in [0.15, 0.2) is 0 Å². The topological polar surface area (TPSA) is 62.2 Å². The van der Waals surface area contributed by atoms with Crippen molar-refractivity contribution in [3.8, 4) is 11.8 Å². The molecule has 0 atom stereocenters. The summed E-state index contributed by atoms with van der Waals surface area (Å²) in [4.78, 5) is 16.6. The fourth-order valence-electron chi connectivity index (χ4n) is 1.83. The Bertz CT molecular complexity index is 711. The minimum atomic E-state index is -0.229. The molecule has 0 unspecified atom stereocenters. The van der Waals surface area contributed by atoms with Gasteiger partial charge in [-0.05, 0) is 31.5 Å². The van der Waals surface area contributed by atoms with E-state index in [2.05, 4.69) is 22.1 Å². The van der Waals surface area contributed by atoms with Crippen LogP contribution in [-0.2, 0) is 6.54 Å². The van der Waals surface area contributed by atoms with Crippen molar-refractivity contribution in [1.29, 1.82) is 0 Å². The lowest BCUT2D eigenvalue weighted by atomic mass is 10.0. The minimum Gasteiger partial charge on any atom is -0.384 e. The summed E-state index contributed by atoms with van der Waals surface area (Å²) < 4.78 is 0. The minimum absolute atomic E-state index is 0.190. The quantitative estimate of drug-likeness (QED) is 0.853. The molecule has 5 heteroatoms. The van der Waals surface area contributed by atoms with Gasteiger partial charge in [0.2, 0.25) is 0 Å². The van der Waals surface area contributed by atoms with E-state index in [4.69, 9.17) is 5.11 Å². The highest BCUT2D eigenvalue weighted by Crippen LogP contribution is 2.12. The molecule has 0 aliphatic rings. The van der Waals surface area contributed by atoms with E-state index >= 15 is 0 Å². The van der Waals surface area contributed by atoms with Gasteiger partial charge in [0.05, 0.1) is 12.1 Å². The van der Waals surface area contributed by atoms with Crippen molar-refractivity contribution in [3.63, 3.8) is 0 Å². The number of carbonyl (C=O) groups excluding carboxylic acids is 1. The fraction of sp³-hybridized carbons (Fsp3) is 0.250. The molecule has 0 saturated heterocycles. The number of aliphatic hydroxyl groups excluding tert-OH is 1. The number of nitrogens with zero attached hydrogens (tertiary/aromatic N) is 1. The average Bonchev–Trinajstić information content (AvgIpc) is 2.88. The summed E-state index contributed by atoms with van der Waals surface area (Å²) in [5.41, 5.74) is 3.10. The Balaban J connectivity index is 2.14. The number of amides is 1. The summed E-state index contributed by atoms with van der Waals surface area (Å²) in [6.07, 6.45) is 0. The van der Waals surface area contributed by atoms with Crippen LogP contribution in [0.2, 0.25) is 0 Å². The number of aliphatic hydroxyl groups is 1. The third kappa shape index (κ3) is 4.15. The van der Waals surface area contributed by atoms with Gasteiger partial charge in [0, 0.05) is 16.6 Å². The fourth-order valence-corrected chi connectivity index (χ4v) is 2.54. The molecule has 0 radical (unpaired) electrons. The molecule has 0 fully saturated rings. The van der Waals surface area contributed by atoms with Gasteiger partial charge in [-0.25, -0.2) is 4.98 Å². The molecule has 0 bridgehead atoms. The van der Waals surface area contributed by atoms with Gasteiger partial charge < -0.3 is 10.4 Å². The van der Waals surface area contributed by atoms with Crippen LogP contribution in [0, 0.1) is 25.7 Å². The summed E-state index contributed by atoms with van der Waals surface area (Å²) in [7, 11) is 0. The summed E-state index contributed by atoms with van der Waals surface area (Å²) in [6, 6.07) is 5.46. The molecule has 2 rings (SSSR count). The maximum Gasteiger partial charge on any atom is 0.252 e. The third-order valence-electron chi connectivity index (χ3n) is 2.79. The van der Waals surface area contributed by atoms with Crippen LogP contribution in [0.25, 0.3) is 0 Å². The molecule has 108 valence electrons. The van der Waals surface area contributed by atoms with E-state index in [0.717, 1.165) is 16.3 Å². The lowest BCUT2D eigenvalue weighted by Crippen LogP contribution is -2.23. The standard InChI is InChI=1S/C16H16N2O2S/c1-11-5-6-14(13(8-11)4-3-7-19)16(20)17-9-15-18-12(2)10-21-15/h5-6,8,10,19H,7,9H2,1-2H3,(H,17,20). The zero-order chi connectivity index (χ0) is 15.2. The van der Waals surface area contributed by atoms with E-state index in [1.54, 1.807) is 6.07 Å². The van der Waals surface area contributed by atoms with Gasteiger partial charge in [0.25, 0.3) is 5.91 Å². The highest BCUT2D eigenvalue weighted by molar-refractivity contribution is 7.09. The van der Waals surface area contributed by atoms with Crippen LogP contribution in [-0.4, -0.2) is 22.6 Å². The first-order valence-electron chi connectivity index (χ1n) is 6.49. The molecule has 1 aromatic carbocycles. The van der Waals surface area contributed by atoms with Gasteiger partial charge >= 0.3 is 0 Å². The van der Waals surface area contributed by atoms with E-state index in [1.165, 1.54) is 11.3 Å². The number of aromatic nitrogens is 1. The summed E-state index contributed by atoms with van der Waals surface area (Å²) in [5, 5.41) is 14.5. The highest BCUT2D eigenvalue weighted by Gasteiger charge is 2.11. The Morgan fingerprint density at radius 2 is 2.24 bits per heavy atom. The first kappa shape index (κ1) is 15.2. The largest absolute Gasteiger partial charge is 0.384 e. The summed E-state index contributed by atoms with van der Waals surface area (Å²) >= 11 is 1.52. The molecule has 0 spiro atoms. The van der Waals surface area contributed by atoms with Gasteiger partial charge in [-0.2, -0.15) is 0 Å². The molecule has 0 saturated carbocycles. The Labute approximate surface area is 127 Å². The maximum absolute atomic E-state index is 12.3. The molecule has 0 aliphatic carbocycles. The molecule has 2 N–H and O–H groups in total. The van der Waals surface area contributed by atoms with E-state index in [9.17, 15) is 4.79 Å². The molecule has 1 amide bonds. The molecular formula is C16H16N2O2S. The van der Waals surface area contributed by atoms with Gasteiger partial charge in [-0.1, -0.05) is 17.9 Å². The van der Waals surface area contributed by atoms with Gasteiger partial charge in [-0.15, -0.1) is 11.3 Å². The predicted octanol–water partition coefficient (Wildman–Crippen LogP) is 2.03. The molecule has 0 aliphatic heterocycles. The van der Waals surface area contributed by atoms with Gasteiger partial charge in [-0.3, -0.25) is 4.79 Å². The summed E-state index contributed by atoms with van der Waals surface area (Å²) in [5.74, 6) is 5.20. The van der Waals surface area contributed by atoms with Crippen LogP contribution in [0.3, 0.4) is 0 Å². The van der Waals surface area contributed by atoms with Crippen molar-refractivity contribution in [2.75, 3.05) is 6.61 Å². The predicted molar refractivity (Wildman–Crippen MR) is 83.2 cm³/mol. The van der Waals surface area contributed by atoms with E-state index in [1.807, 2.05) is 31.4 Å². The van der Waals surface area contributed by atoms with Crippen LogP contribution in [0.5, 0.6) is 0 Å². The zero-order valence-corrected chi connectivity index (χ0v) is 12.8. The van der Waals surface area contributed by atoms with Crippen molar-refractivity contribution in [2.45, 2.75) is 20.4 Å². The number of nitrogens with one attached hydrogen (secondary N) is 1. The smallest absolute Gasteiger partial charge is 0.252 e. The van der Waals surface area contributed by atoms with Crippen molar-refractivity contribution < 1.29 is 9.90 Å². The lowest BCUT2D eigenvalue weighted by Gasteiger charge is -2.06. The molecule has 21 heavy (non-hydrogen) atoms. The maximum atomic E-state index is 12.3. The van der Waals surface area contributed by atoms with Crippen molar-refractivity contribution >= 4 is 17.2 Å². The SMILES string of the molecule is Cc1ccc(C(=O)NCc2nc(C)cs2)c(C#CCO)c1. The zero-order valence-electron chi connectivity index (χ0n) is 11.9. The van der Waals surface area contributed by atoms with E-state index in [0.29, 0.717) is 17.7 Å². The van der Waals surface area contributed by atoms with Crippen LogP contribution < -0.4 is 5.32 Å². The number of hydrogen-bond donors (Lipinski definition) is 2. The molecular weight excluding hydrogens is 284 g/mol. The number of aryl methyl sites for hydroxylation is 2. The lowest BCUT2D eigenvalue weighted by molar-refractivity contribution is 0.0950. The second-order valence-electron chi connectivity index (χ2n) is 4.57. The average molecular weight is 300 g/mol. The number of thiazole rings is 1. The number of hydrogen-bond acceptors (Lipinski definition) is 4. The first-order valence-corrected chi connectivity index (χ1v) is 7.37. The molecule has 4 nitrogen and oxygen atoms in total. The van der Waals surface area contributed by atoms with Crippen LogP contribution in [0.15, 0.2) is 23.6 Å². The Hall–Kier alpha value is -2.16. The van der Waals surface area contributed by atoms with Gasteiger partial charge in [0.1, 0.15) is 11.6 Å². The van der Waals surface area contributed by atoms with Crippen molar-refractivity contribution in [3.05, 3.63) is 51.0 Å². The van der Waals surface area contributed by atoms with Crippen LogP contribution in [0.4, 0.5) is 0 Å². The monoisotopic (exact) mass is 300 g/mol. The molecule has 1 heterocycles. The van der Waals surface area contributed by atoms with Crippen molar-refractivity contribution in [2.24, 2.45) is 0 Å². The number of carbonyl (C=O) groups is 1. The highest BCUT2D eigenvalue weighted by atomic mass is 32.1. The number of benzene rings is 1. The Morgan fingerprint density at radius 1 is 1.43 bits per heavy atom. The number of rotatable bonds is 3. The second-order valence-corrected chi connectivity index (χ2v) is 5.52. The first-order chi connectivity index (χ1) is 10.1. The Kier molecular flexibility index (Phi) is 5.09. The van der Waals surface area contributed by atoms with Crippen molar-refractivity contribution in [1.82, 2.24) is 10.3 Å². The summed E-state index contributed by atoms with van der Waals surface area (Å²) in [6.45, 7) is 4.03. The van der Waals surface area contributed by atoms with E-state index < -0.39 is 0 Å². The Morgan fingerprint density at radius 3 is 2.90 bits per heavy atom. The van der Waals surface area contributed by atoms with E-state index in [-0.39, 0.29) is 12.5 Å². The second kappa shape index (κ2) is 7.02. The van der Waals surface area contributed by atoms with Crippen LogP contribution in [0.1, 0.15) is 32.2 Å². The van der Waals surface area contributed by atoms with Crippen LogP contribution >= 0.6 is 11.3 Å². The molecule has 1 aromatic heterocycles. The third-order valence-corrected chi connectivity index (χ3v) is 3.76. The molecule has 2 aromatic rings. The normalized spacial score (nSPS) is 9.86.